The van der Waals surface area contributed by atoms with Crippen molar-refractivity contribution in [3.8, 4) is 0 Å². The van der Waals surface area contributed by atoms with Gasteiger partial charge < -0.3 is 0 Å². The van der Waals surface area contributed by atoms with Crippen molar-refractivity contribution in [2.75, 3.05) is 5.75 Å². The van der Waals surface area contributed by atoms with Gasteiger partial charge in [0.25, 0.3) is 0 Å². The van der Waals surface area contributed by atoms with Crippen LogP contribution in [0.5, 0.6) is 0 Å². The van der Waals surface area contributed by atoms with Crippen molar-refractivity contribution in [3.63, 3.8) is 0 Å². The van der Waals surface area contributed by atoms with E-state index in [1.165, 1.54) is 18.6 Å². The maximum atomic E-state index is 2.29. The van der Waals surface area contributed by atoms with Crippen molar-refractivity contribution in [1.82, 2.24) is 0 Å². The summed E-state index contributed by atoms with van der Waals surface area (Å²) < 4.78 is 0. The lowest BCUT2D eigenvalue weighted by atomic mass is 10.2. The summed E-state index contributed by atoms with van der Waals surface area (Å²) in [6.45, 7) is 6.22. The molecule has 0 saturated carbocycles. The van der Waals surface area contributed by atoms with Crippen molar-refractivity contribution in [2.24, 2.45) is 0 Å². The van der Waals surface area contributed by atoms with E-state index in [0.29, 0.717) is 0 Å². The van der Waals surface area contributed by atoms with Crippen molar-refractivity contribution in [3.05, 3.63) is 11.0 Å². The lowest BCUT2D eigenvalue weighted by molar-refractivity contribution is 1.01. The summed E-state index contributed by atoms with van der Waals surface area (Å²) in [4.78, 5) is 0. The van der Waals surface area contributed by atoms with E-state index >= 15 is 0 Å². The number of allylic oxidation sites excluding steroid dienone is 1. The van der Waals surface area contributed by atoms with Crippen LogP contribution >= 0.6 is 11.8 Å². The number of thioether (sulfide) groups is 1. The Morgan fingerprint density at radius 1 is 1.56 bits per heavy atom. The fraction of sp³-hybridized carbons (Fsp3) is 0.750. The molecule has 0 spiro atoms. The Bertz CT molecular complexity index is 84.6. The van der Waals surface area contributed by atoms with Gasteiger partial charge in [-0.25, -0.2) is 0 Å². The van der Waals surface area contributed by atoms with Gasteiger partial charge in [0.2, 0.25) is 0 Å². The van der Waals surface area contributed by atoms with Crippen LogP contribution in [-0.2, 0) is 0 Å². The minimum Gasteiger partial charge on any atom is -0.134 e. The lowest BCUT2D eigenvalue weighted by Crippen LogP contribution is -1.72. The quantitative estimate of drug-likeness (QED) is 0.543. The number of hydrogen-bond donors (Lipinski definition) is 0. The second-order valence-electron chi connectivity index (χ2n) is 1.75. The van der Waals surface area contributed by atoms with Crippen LogP contribution < -0.4 is 0 Å². The standard InChI is InChI=1S/C6H10S.C2H6/c1-2-6-3-4-7-5-6;1-2/h5H,2-4H2,1H3;1-2H3. The minimum absolute atomic E-state index is 1.26. The van der Waals surface area contributed by atoms with E-state index in [1.54, 1.807) is 5.57 Å². The van der Waals surface area contributed by atoms with Crippen LogP contribution in [0.2, 0.25) is 0 Å². The average Bonchev–Trinajstić information content (AvgIpc) is 2.43. The van der Waals surface area contributed by atoms with Crippen molar-refractivity contribution >= 4 is 11.8 Å². The fourth-order valence-electron chi connectivity index (χ4n) is 0.686. The molecule has 0 N–H and O–H groups in total. The smallest absolute Gasteiger partial charge is 0.00116 e. The monoisotopic (exact) mass is 144 g/mol. The van der Waals surface area contributed by atoms with E-state index in [1.807, 2.05) is 25.6 Å². The Morgan fingerprint density at radius 3 is 2.44 bits per heavy atom. The Morgan fingerprint density at radius 2 is 2.22 bits per heavy atom. The number of hydrogen-bond acceptors (Lipinski definition) is 1. The van der Waals surface area contributed by atoms with Crippen LogP contribution in [0.25, 0.3) is 0 Å². The summed E-state index contributed by atoms with van der Waals surface area (Å²) in [5, 5.41) is 2.29. The van der Waals surface area contributed by atoms with Crippen LogP contribution in [-0.4, -0.2) is 5.75 Å². The molecule has 0 aromatic carbocycles. The average molecular weight is 144 g/mol. The number of rotatable bonds is 1. The van der Waals surface area contributed by atoms with Gasteiger partial charge in [0.15, 0.2) is 0 Å². The molecular formula is C8H16S. The first-order valence-electron chi connectivity index (χ1n) is 3.73. The molecule has 1 heteroatoms. The van der Waals surface area contributed by atoms with Gasteiger partial charge in [-0.2, -0.15) is 0 Å². The van der Waals surface area contributed by atoms with Gasteiger partial charge in [0, 0.05) is 5.75 Å². The highest BCUT2D eigenvalue weighted by Gasteiger charge is 1.99. The van der Waals surface area contributed by atoms with Crippen LogP contribution in [0.4, 0.5) is 0 Å². The molecule has 1 rings (SSSR count). The second kappa shape index (κ2) is 6.21. The molecule has 0 aliphatic carbocycles. The zero-order valence-corrected chi connectivity index (χ0v) is 7.42. The van der Waals surface area contributed by atoms with Crippen LogP contribution in [0, 0.1) is 0 Å². The molecule has 9 heavy (non-hydrogen) atoms. The highest BCUT2D eigenvalue weighted by Crippen LogP contribution is 2.23. The van der Waals surface area contributed by atoms with E-state index in [-0.39, 0.29) is 0 Å². The molecule has 1 aliphatic rings. The van der Waals surface area contributed by atoms with Gasteiger partial charge in [-0.05, 0) is 18.2 Å². The first kappa shape index (κ1) is 9.09. The Balaban J connectivity index is 0.000000291. The van der Waals surface area contributed by atoms with Gasteiger partial charge in [-0.3, -0.25) is 0 Å². The zero-order chi connectivity index (χ0) is 7.11. The zero-order valence-electron chi connectivity index (χ0n) is 6.61. The Labute approximate surface area is 62.7 Å². The van der Waals surface area contributed by atoms with Gasteiger partial charge in [0.05, 0.1) is 0 Å². The SMILES string of the molecule is CC.CCC1=CSCC1. The van der Waals surface area contributed by atoms with Gasteiger partial charge in [-0.15, -0.1) is 11.8 Å². The maximum Gasteiger partial charge on any atom is 0.00116 e. The summed E-state index contributed by atoms with van der Waals surface area (Å²) in [5.41, 5.74) is 1.63. The topological polar surface area (TPSA) is 0 Å². The summed E-state index contributed by atoms with van der Waals surface area (Å²) in [6, 6.07) is 0. The molecule has 0 fully saturated rings. The predicted octanol–water partition coefficient (Wildman–Crippen LogP) is 3.44. The van der Waals surface area contributed by atoms with Crippen molar-refractivity contribution in [2.45, 2.75) is 33.6 Å². The molecule has 54 valence electrons. The molecule has 0 atom stereocenters. The third kappa shape index (κ3) is 3.63. The summed E-state index contributed by atoms with van der Waals surface area (Å²) >= 11 is 1.94. The molecule has 0 aromatic heterocycles. The van der Waals surface area contributed by atoms with E-state index in [9.17, 15) is 0 Å². The Hall–Kier alpha value is 0.0900. The molecule has 0 aromatic rings. The van der Waals surface area contributed by atoms with Crippen LogP contribution in [0.3, 0.4) is 0 Å². The van der Waals surface area contributed by atoms with Gasteiger partial charge in [0.1, 0.15) is 0 Å². The van der Waals surface area contributed by atoms with E-state index in [4.69, 9.17) is 0 Å². The molecular weight excluding hydrogens is 128 g/mol. The van der Waals surface area contributed by atoms with E-state index in [0.717, 1.165) is 0 Å². The van der Waals surface area contributed by atoms with Gasteiger partial charge >= 0.3 is 0 Å². The summed E-state index contributed by atoms with van der Waals surface area (Å²) in [5.74, 6) is 1.32. The lowest BCUT2D eigenvalue weighted by Gasteiger charge is -1.87. The minimum atomic E-state index is 1.26. The molecule has 0 saturated heterocycles. The molecule has 0 unspecified atom stereocenters. The Kier molecular flexibility index (Phi) is 6.28. The fourth-order valence-corrected chi connectivity index (χ4v) is 1.70. The van der Waals surface area contributed by atoms with Crippen molar-refractivity contribution < 1.29 is 0 Å². The highest BCUT2D eigenvalue weighted by atomic mass is 32.2. The predicted molar refractivity (Wildman–Crippen MR) is 46.8 cm³/mol. The third-order valence-electron chi connectivity index (χ3n) is 1.25. The summed E-state index contributed by atoms with van der Waals surface area (Å²) in [6.07, 6.45) is 2.59. The molecule has 0 amide bonds. The first-order chi connectivity index (χ1) is 4.43. The van der Waals surface area contributed by atoms with Crippen molar-refractivity contribution in [1.29, 1.82) is 0 Å². The second-order valence-corrected chi connectivity index (χ2v) is 2.73. The molecule has 0 nitrogen and oxygen atoms in total. The molecule has 1 heterocycles. The molecule has 0 radical (unpaired) electrons. The van der Waals surface area contributed by atoms with Gasteiger partial charge in [-0.1, -0.05) is 26.3 Å². The highest BCUT2D eigenvalue weighted by molar-refractivity contribution is 8.02. The summed E-state index contributed by atoms with van der Waals surface area (Å²) in [7, 11) is 0. The van der Waals surface area contributed by atoms with E-state index < -0.39 is 0 Å². The van der Waals surface area contributed by atoms with Crippen LogP contribution in [0.1, 0.15) is 33.6 Å². The normalized spacial score (nSPS) is 16.1. The largest absolute Gasteiger partial charge is 0.134 e. The molecule has 1 aliphatic heterocycles. The first-order valence-corrected chi connectivity index (χ1v) is 4.78. The third-order valence-corrected chi connectivity index (χ3v) is 2.18. The van der Waals surface area contributed by atoms with Crippen LogP contribution in [0.15, 0.2) is 11.0 Å². The molecule has 0 bridgehead atoms. The van der Waals surface area contributed by atoms with E-state index in [2.05, 4.69) is 12.3 Å². The maximum absolute atomic E-state index is 2.29.